The van der Waals surface area contributed by atoms with Crippen molar-refractivity contribution in [2.45, 2.75) is 6.54 Å². The number of halogens is 1. The lowest BCUT2D eigenvalue weighted by atomic mass is 10.1. The molecule has 1 amide bonds. The van der Waals surface area contributed by atoms with Gasteiger partial charge in [-0.2, -0.15) is 0 Å². The zero-order chi connectivity index (χ0) is 23.8. The Labute approximate surface area is 192 Å². The van der Waals surface area contributed by atoms with Gasteiger partial charge in [0, 0.05) is 5.56 Å². The summed E-state index contributed by atoms with van der Waals surface area (Å²) in [6.45, 7) is 0.568. The van der Waals surface area contributed by atoms with E-state index in [9.17, 15) is 17.6 Å². The highest BCUT2D eigenvalue weighted by atomic mass is 32.2. The number of sulfonamides is 1. The second kappa shape index (κ2) is 10.8. The summed E-state index contributed by atoms with van der Waals surface area (Å²) in [5, 5.41) is 2.77. The van der Waals surface area contributed by atoms with Gasteiger partial charge in [0.05, 0.1) is 32.1 Å². The van der Waals surface area contributed by atoms with Crippen LogP contribution in [-0.4, -0.2) is 40.8 Å². The van der Waals surface area contributed by atoms with Crippen molar-refractivity contribution in [3.8, 4) is 11.5 Å². The summed E-state index contributed by atoms with van der Waals surface area (Å²) in [6.07, 6.45) is 1.06. The zero-order valence-electron chi connectivity index (χ0n) is 18.3. The van der Waals surface area contributed by atoms with Crippen molar-refractivity contribution in [1.29, 1.82) is 0 Å². The quantitative estimate of drug-likeness (QED) is 0.456. The third-order valence-electron chi connectivity index (χ3n) is 4.75. The molecule has 0 unspecified atom stereocenters. The number of para-hydroxylation sites is 2. The summed E-state index contributed by atoms with van der Waals surface area (Å²) in [5.41, 5.74) is 1.31. The van der Waals surface area contributed by atoms with E-state index in [0.717, 1.165) is 16.6 Å². The molecule has 0 aliphatic carbocycles. The topological polar surface area (TPSA) is 84.9 Å². The highest BCUT2D eigenvalue weighted by Gasteiger charge is 2.18. The van der Waals surface area contributed by atoms with Gasteiger partial charge in [-0.3, -0.25) is 9.10 Å². The van der Waals surface area contributed by atoms with Crippen molar-refractivity contribution in [1.82, 2.24) is 5.32 Å². The number of carbonyl (C=O) groups is 1. The van der Waals surface area contributed by atoms with Gasteiger partial charge in [0.15, 0.2) is 11.5 Å². The Morgan fingerprint density at radius 1 is 1.00 bits per heavy atom. The molecule has 3 rings (SSSR count). The van der Waals surface area contributed by atoms with Gasteiger partial charge in [0.1, 0.15) is 12.4 Å². The number of nitrogens with one attached hydrogen (secondary N) is 1. The van der Waals surface area contributed by atoms with E-state index in [1.54, 1.807) is 43.5 Å². The molecule has 0 saturated carbocycles. The van der Waals surface area contributed by atoms with Crippen molar-refractivity contribution >= 4 is 21.6 Å². The first-order chi connectivity index (χ1) is 15.8. The van der Waals surface area contributed by atoms with E-state index in [4.69, 9.17) is 9.47 Å². The first-order valence-corrected chi connectivity index (χ1v) is 12.0. The fourth-order valence-electron chi connectivity index (χ4n) is 3.12. The molecule has 0 aliphatic heterocycles. The highest BCUT2D eigenvalue weighted by molar-refractivity contribution is 7.92. The number of anilines is 1. The van der Waals surface area contributed by atoms with Gasteiger partial charge in [-0.15, -0.1) is 0 Å². The van der Waals surface area contributed by atoms with Gasteiger partial charge in [-0.1, -0.05) is 30.3 Å². The Morgan fingerprint density at radius 3 is 2.33 bits per heavy atom. The molecule has 7 nitrogen and oxygen atoms in total. The standard InChI is InChI=1S/C24H25FN2O5S/c1-31-22-8-3-4-9-23(22)32-15-14-26-24(28)19-12-10-18(11-13-19)17-27(33(2,29)30)21-7-5-6-20(25)16-21/h3-13,16H,14-15,17H2,1-2H3,(H,26,28). The fraction of sp³-hybridized carbons (Fsp3) is 0.208. The maximum atomic E-state index is 13.6. The summed E-state index contributed by atoms with van der Waals surface area (Å²) >= 11 is 0. The molecule has 0 saturated heterocycles. The first kappa shape index (κ1) is 24.1. The molecular formula is C24H25FN2O5S. The van der Waals surface area contributed by atoms with E-state index >= 15 is 0 Å². The van der Waals surface area contributed by atoms with E-state index in [1.807, 2.05) is 12.1 Å². The van der Waals surface area contributed by atoms with Gasteiger partial charge < -0.3 is 14.8 Å². The minimum atomic E-state index is -3.64. The molecule has 0 heterocycles. The lowest BCUT2D eigenvalue weighted by Crippen LogP contribution is -2.29. The van der Waals surface area contributed by atoms with Crippen LogP contribution in [0.25, 0.3) is 0 Å². The summed E-state index contributed by atoms with van der Waals surface area (Å²) in [4.78, 5) is 12.4. The predicted molar refractivity (Wildman–Crippen MR) is 125 cm³/mol. The minimum Gasteiger partial charge on any atom is -0.493 e. The number of ether oxygens (including phenoxy) is 2. The predicted octanol–water partition coefficient (Wildman–Crippen LogP) is 3.61. The maximum absolute atomic E-state index is 13.6. The Bertz CT molecular complexity index is 1200. The molecule has 0 bridgehead atoms. The van der Waals surface area contributed by atoms with Gasteiger partial charge in [-0.05, 0) is 48.0 Å². The third-order valence-corrected chi connectivity index (χ3v) is 5.89. The summed E-state index contributed by atoms with van der Waals surface area (Å²) in [5.74, 6) is 0.395. The van der Waals surface area contributed by atoms with Crippen LogP contribution in [0.15, 0.2) is 72.8 Å². The van der Waals surface area contributed by atoms with Crippen LogP contribution in [0.3, 0.4) is 0 Å². The Kier molecular flexibility index (Phi) is 7.89. The van der Waals surface area contributed by atoms with Gasteiger partial charge in [0.2, 0.25) is 10.0 Å². The smallest absolute Gasteiger partial charge is 0.251 e. The summed E-state index contributed by atoms with van der Waals surface area (Å²) < 4.78 is 50.0. The normalized spacial score (nSPS) is 11.0. The molecule has 0 aromatic heterocycles. The van der Waals surface area contributed by atoms with Crippen LogP contribution in [0.5, 0.6) is 11.5 Å². The van der Waals surface area contributed by atoms with E-state index in [2.05, 4.69) is 5.32 Å². The molecule has 3 aromatic carbocycles. The Morgan fingerprint density at radius 2 is 1.70 bits per heavy atom. The van der Waals surface area contributed by atoms with E-state index in [-0.39, 0.29) is 24.7 Å². The van der Waals surface area contributed by atoms with Crippen molar-refractivity contribution < 1.29 is 27.1 Å². The van der Waals surface area contributed by atoms with Crippen molar-refractivity contribution in [3.05, 3.63) is 89.7 Å². The number of hydrogen-bond donors (Lipinski definition) is 1. The second-order valence-corrected chi connectivity index (χ2v) is 9.11. The molecule has 0 radical (unpaired) electrons. The van der Waals surface area contributed by atoms with Crippen LogP contribution in [0.4, 0.5) is 10.1 Å². The molecule has 1 N–H and O–H groups in total. The Balaban J connectivity index is 1.58. The average Bonchev–Trinajstić information content (AvgIpc) is 2.80. The zero-order valence-corrected chi connectivity index (χ0v) is 19.1. The number of methoxy groups -OCH3 is 1. The molecule has 9 heteroatoms. The fourth-order valence-corrected chi connectivity index (χ4v) is 4.00. The lowest BCUT2D eigenvalue weighted by molar-refractivity contribution is 0.0947. The van der Waals surface area contributed by atoms with E-state index in [1.165, 1.54) is 18.2 Å². The summed E-state index contributed by atoms with van der Waals surface area (Å²) in [7, 11) is -2.08. The van der Waals surface area contributed by atoms with Crippen LogP contribution < -0.4 is 19.1 Å². The van der Waals surface area contributed by atoms with Crippen molar-refractivity contribution in [2.24, 2.45) is 0 Å². The first-order valence-electron chi connectivity index (χ1n) is 10.1. The van der Waals surface area contributed by atoms with Crippen LogP contribution in [0.2, 0.25) is 0 Å². The third kappa shape index (κ3) is 6.69. The maximum Gasteiger partial charge on any atom is 0.251 e. The molecule has 0 fully saturated rings. The minimum absolute atomic E-state index is 0.0108. The summed E-state index contributed by atoms with van der Waals surface area (Å²) in [6, 6.07) is 19.2. The number of benzene rings is 3. The number of amides is 1. The molecular weight excluding hydrogens is 447 g/mol. The van der Waals surface area contributed by atoms with Crippen molar-refractivity contribution in [2.75, 3.05) is 30.8 Å². The second-order valence-electron chi connectivity index (χ2n) is 7.20. The lowest BCUT2D eigenvalue weighted by Gasteiger charge is -2.22. The molecule has 3 aromatic rings. The Hall–Kier alpha value is -3.59. The van der Waals surface area contributed by atoms with E-state index in [0.29, 0.717) is 29.2 Å². The van der Waals surface area contributed by atoms with E-state index < -0.39 is 15.8 Å². The number of carbonyl (C=O) groups excluding carboxylic acids is 1. The molecule has 174 valence electrons. The van der Waals surface area contributed by atoms with Crippen LogP contribution in [0, 0.1) is 5.82 Å². The van der Waals surface area contributed by atoms with Crippen LogP contribution in [-0.2, 0) is 16.6 Å². The van der Waals surface area contributed by atoms with Crippen LogP contribution in [0.1, 0.15) is 15.9 Å². The van der Waals surface area contributed by atoms with Gasteiger partial charge >= 0.3 is 0 Å². The SMILES string of the molecule is COc1ccccc1OCCNC(=O)c1ccc(CN(c2cccc(F)c2)S(C)(=O)=O)cc1. The van der Waals surface area contributed by atoms with Crippen molar-refractivity contribution in [3.63, 3.8) is 0 Å². The molecule has 0 atom stereocenters. The largest absolute Gasteiger partial charge is 0.493 e. The average molecular weight is 473 g/mol. The molecule has 0 aliphatic rings. The number of nitrogens with zero attached hydrogens (tertiary/aromatic N) is 1. The van der Waals surface area contributed by atoms with Crippen LogP contribution >= 0.6 is 0 Å². The number of rotatable bonds is 10. The van der Waals surface area contributed by atoms with Gasteiger partial charge in [0.25, 0.3) is 5.91 Å². The van der Waals surface area contributed by atoms with Gasteiger partial charge in [-0.25, -0.2) is 12.8 Å². The highest BCUT2D eigenvalue weighted by Crippen LogP contribution is 2.25. The molecule has 0 spiro atoms. The monoisotopic (exact) mass is 472 g/mol. The number of hydrogen-bond acceptors (Lipinski definition) is 5. The molecule has 33 heavy (non-hydrogen) atoms.